The summed E-state index contributed by atoms with van der Waals surface area (Å²) in [6.07, 6.45) is 1.61. The van der Waals surface area contributed by atoms with Crippen LogP contribution in [0.1, 0.15) is 12.5 Å². The average molecular weight is 203 g/mol. The Hall–Kier alpha value is -1.60. The van der Waals surface area contributed by atoms with Gasteiger partial charge in [-0.2, -0.15) is 5.26 Å². The van der Waals surface area contributed by atoms with E-state index in [9.17, 15) is 0 Å². The molecule has 2 heterocycles. The van der Waals surface area contributed by atoms with Gasteiger partial charge in [-0.15, -0.1) is 0 Å². The minimum atomic E-state index is 0.346. The quantitative estimate of drug-likeness (QED) is 0.687. The molecule has 0 bridgehead atoms. The van der Waals surface area contributed by atoms with Crippen molar-refractivity contribution in [2.45, 2.75) is 13.0 Å². The maximum absolute atomic E-state index is 8.67. The first-order chi connectivity index (χ1) is 7.31. The molecule has 1 aromatic rings. The fourth-order valence-corrected chi connectivity index (χ4v) is 1.69. The number of aromatic nitrogens is 1. The van der Waals surface area contributed by atoms with Crippen LogP contribution in [0.25, 0.3) is 0 Å². The number of anilines is 1. The van der Waals surface area contributed by atoms with Crippen molar-refractivity contribution in [3.8, 4) is 6.07 Å². The van der Waals surface area contributed by atoms with Gasteiger partial charge in [-0.3, -0.25) is 0 Å². The van der Waals surface area contributed by atoms with Crippen molar-refractivity contribution in [1.29, 1.82) is 5.26 Å². The van der Waals surface area contributed by atoms with E-state index in [-0.39, 0.29) is 0 Å². The van der Waals surface area contributed by atoms with Gasteiger partial charge in [0, 0.05) is 12.7 Å². The lowest BCUT2D eigenvalue weighted by Gasteiger charge is -2.34. The minimum Gasteiger partial charge on any atom is -0.377 e. The molecule has 2 rings (SSSR count). The first kappa shape index (κ1) is 9.94. The molecule has 1 aromatic heterocycles. The molecule has 0 amide bonds. The summed E-state index contributed by atoms with van der Waals surface area (Å²) < 4.78 is 5.36. The predicted octanol–water partition coefficient (Wildman–Crippen LogP) is 1.18. The average Bonchev–Trinajstić information content (AvgIpc) is 2.30. The van der Waals surface area contributed by atoms with E-state index in [1.54, 1.807) is 12.3 Å². The Bertz CT molecular complexity index is 368. The molecule has 1 atom stereocenters. The standard InChI is InChI=1S/C11H13N3O/c1-9-8-15-5-4-14(9)11-3-2-10(6-12)7-13-11/h2-3,7,9H,4-5,8H2,1H3. The Labute approximate surface area is 89.1 Å². The highest BCUT2D eigenvalue weighted by molar-refractivity contribution is 5.43. The van der Waals surface area contributed by atoms with Gasteiger partial charge in [-0.25, -0.2) is 4.98 Å². The van der Waals surface area contributed by atoms with Crippen molar-refractivity contribution < 1.29 is 4.74 Å². The Morgan fingerprint density at radius 2 is 2.47 bits per heavy atom. The summed E-state index contributed by atoms with van der Waals surface area (Å²) in [5.74, 6) is 0.921. The van der Waals surface area contributed by atoms with E-state index in [1.165, 1.54) is 0 Å². The Kier molecular flexibility index (Phi) is 2.84. The van der Waals surface area contributed by atoms with Gasteiger partial charge in [0.1, 0.15) is 11.9 Å². The third-order valence-corrected chi connectivity index (χ3v) is 2.54. The molecule has 0 N–H and O–H groups in total. The largest absolute Gasteiger partial charge is 0.377 e. The molecule has 0 radical (unpaired) electrons. The van der Waals surface area contributed by atoms with Crippen LogP contribution in [0.4, 0.5) is 5.82 Å². The monoisotopic (exact) mass is 203 g/mol. The van der Waals surface area contributed by atoms with Gasteiger partial charge >= 0.3 is 0 Å². The lowest BCUT2D eigenvalue weighted by Crippen LogP contribution is -2.44. The van der Waals surface area contributed by atoms with E-state index in [0.29, 0.717) is 11.6 Å². The number of ether oxygens (including phenoxy) is 1. The van der Waals surface area contributed by atoms with E-state index in [2.05, 4.69) is 22.9 Å². The number of hydrogen-bond donors (Lipinski definition) is 0. The number of nitriles is 1. The molecule has 1 saturated heterocycles. The summed E-state index contributed by atoms with van der Waals surface area (Å²) >= 11 is 0. The van der Waals surface area contributed by atoms with Crippen molar-refractivity contribution in [3.05, 3.63) is 23.9 Å². The van der Waals surface area contributed by atoms with Crippen LogP contribution in [0.2, 0.25) is 0 Å². The number of pyridine rings is 1. The summed E-state index contributed by atoms with van der Waals surface area (Å²) in [7, 11) is 0. The number of rotatable bonds is 1. The second kappa shape index (κ2) is 4.28. The Morgan fingerprint density at radius 1 is 1.60 bits per heavy atom. The highest BCUT2D eigenvalue weighted by Gasteiger charge is 2.19. The van der Waals surface area contributed by atoms with Gasteiger partial charge in [-0.05, 0) is 19.1 Å². The van der Waals surface area contributed by atoms with Gasteiger partial charge in [0.15, 0.2) is 0 Å². The zero-order chi connectivity index (χ0) is 10.7. The fourth-order valence-electron chi connectivity index (χ4n) is 1.69. The Balaban J connectivity index is 2.18. The maximum Gasteiger partial charge on any atom is 0.128 e. The van der Waals surface area contributed by atoms with Crippen LogP contribution in [0.3, 0.4) is 0 Å². The third-order valence-electron chi connectivity index (χ3n) is 2.54. The highest BCUT2D eigenvalue weighted by atomic mass is 16.5. The first-order valence-electron chi connectivity index (χ1n) is 5.02. The number of morpholine rings is 1. The molecule has 0 aliphatic carbocycles. The zero-order valence-electron chi connectivity index (χ0n) is 8.68. The van der Waals surface area contributed by atoms with Gasteiger partial charge in [0.2, 0.25) is 0 Å². The summed E-state index contributed by atoms with van der Waals surface area (Å²) in [5, 5.41) is 8.67. The van der Waals surface area contributed by atoms with Crippen LogP contribution < -0.4 is 4.90 Å². The molecular formula is C11H13N3O. The van der Waals surface area contributed by atoms with E-state index in [1.807, 2.05) is 6.07 Å². The van der Waals surface area contributed by atoms with E-state index in [0.717, 1.165) is 25.6 Å². The molecule has 1 aliphatic heterocycles. The van der Waals surface area contributed by atoms with Crippen LogP contribution >= 0.6 is 0 Å². The van der Waals surface area contributed by atoms with Gasteiger partial charge in [0.25, 0.3) is 0 Å². The number of hydrogen-bond acceptors (Lipinski definition) is 4. The normalized spacial score (nSPS) is 21.1. The van der Waals surface area contributed by atoms with Crippen molar-refractivity contribution in [2.75, 3.05) is 24.7 Å². The van der Waals surface area contributed by atoms with Crippen molar-refractivity contribution in [1.82, 2.24) is 4.98 Å². The molecule has 1 fully saturated rings. The van der Waals surface area contributed by atoms with E-state index < -0.39 is 0 Å². The van der Waals surface area contributed by atoms with Crippen LogP contribution in [0.15, 0.2) is 18.3 Å². The second-order valence-electron chi connectivity index (χ2n) is 3.63. The van der Waals surface area contributed by atoms with Gasteiger partial charge < -0.3 is 9.64 Å². The summed E-state index contributed by atoms with van der Waals surface area (Å²) in [6.45, 7) is 4.45. The molecule has 78 valence electrons. The second-order valence-corrected chi connectivity index (χ2v) is 3.63. The molecule has 0 saturated carbocycles. The van der Waals surface area contributed by atoms with Crippen LogP contribution in [-0.2, 0) is 4.74 Å². The number of nitrogens with zero attached hydrogens (tertiary/aromatic N) is 3. The van der Waals surface area contributed by atoms with Gasteiger partial charge in [-0.1, -0.05) is 0 Å². The zero-order valence-corrected chi connectivity index (χ0v) is 8.68. The van der Waals surface area contributed by atoms with E-state index in [4.69, 9.17) is 10.00 Å². The molecule has 1 aliphatic rings. The van der Waals surface area contributed by atoms with Crippen molar-refractivity contribution in [2.24, 2.45) is 0 Å². The molecule has 4 heteroatoms. The summed E-state index contributed by atoms with van der Waals surface area (Å²) in [5.41, 5.74) is 0.597. The highest BCUT2D eigenvalue weighted by Crippen LogP contribution is 2.16. The fraction of sp³-hybridized carbons (Fsp3) is 0.455. The minimum absolute atomic E-state index is 0.346. The Morgan fingerprint density at radius 3 is 3.07 bits per heavy atom. The summed E-state index contributed by atoms with van der Waals surface area (Å²) in [6, 6.07) is 6.09. The lowest BCUT2D eigenvalue weighted by molar-refractivity contribution is 0.0985. The molecule has 1 unspecified atom stereocenters. The van der Waals surface area contributed by atoms with E-state index >= 15 is 0 Å². The van der Waals surface area contributed by atoms with Crippen molar-refractivity contribution >= 4 is 5.82 Å². The SMILES string of the molecule is CC1COCCN1c1ccc(C#N)cn1. The van der Waals surface area contributed by atoms with Gasteiger partial charge in [0.05, 0.1) is 24.8 Å². The molecule has 0 spiro atoms. The maximum atomic E-state index is 8.67. The molecule has 15 heavy (non-hydrogen) atoms. The molecule has 0 aromatic carbocycles. The van der Waals surface area contributed by atoms with Crippen molar-refractivity contribution in [3.63, 3.8) is 0 Å². The summed E-state index contributed by atoms with van der Waals surface area (Å²) in [4.78, 5) is 6.47. The third kappa shape index (κ3) is 2.08. The predicted molar refractivity (Wildman–Crippen MR) is 56.6 cm³/mol. The molecule has 4 nitrogen and oxygen atoms in total. The smallest absolute Gasteiger partial charge is 0.128 e. The lowest BCUT2D eigenvalue weighted by atomic mass is 10.2. The van der Waals surface area contributed by atoms with Crippen LogP contribution in [0, 0.1) is 11.3 Å². The van der Waals surface area contributed by atoms with Crippen LogP contribution in [-0.4, -0.2) is 30.8 Å². The van der Waals surface area contributed by atoms with Crippen LogP contribution in [0.5, 0.6) is 0 Å². The first-order valence-corrected chi connectivity index (χ1v) is 5.02. The molecular weight excluding hydrogens is 190 g/mol. The topological polar surface area (TPSA) is 49.1 Å².